The molecule has 110 valence electrons. The second-order valence-corrected chi connectivity index (χ2v) is 5.90. The maximum absolute atomic E-state index is 12.3. The van der Waals surface area contributed by atoms with Gasteiger partial charge >= 0.3 is 5.97 Å². The Balaban J connectivity index is 2.14. The molecule has 0 saturated carbocycles. The molecule has 1 aromatic heterocycles. The topological polar surface area (TPSA) is 99.2 Å². The van der Waals surface area contributed by atoms with Crippen molar-refractivity contribution < 1.29 is 14.7 Å². The number of aromatic nitrogens is 3. The highest BCUT2D eigenvalue weighted by molar-refractivity contribution is 5.91. The van der Waals surface area contributed by atoms with Crippen molar-refractivity contribution in [2.24, 2.45) is 5.41 Å². The molecule has 1 aromatic rings. The Morgan fingerprint density at radius 3 is 2.70 bits per heavy atom. The number of aromatic amines is 1. The molecular formula is C13H20N4O3. The van der Waals surface area contributed by atoms with Gasteiger partial charge in [-0.1, -0.05) is 13.8 Å². The van der Waals surface area contributed by atoms with E-state index >= 15 is 0 Å². The van der Waals surface area contributed by atoms with Crippen molar-refractivity contribution >= 4 is 11.9 Å². The van der Waals surface area contributed by atoms with Crippen LogP contribution in [0, 0.1) is 5.41 Å². The molecule has 2 N–H and O–H groups in total. The number of piperidine rings is 1. The second kappa shape index (κ2) is 5.22. The molecule has 1 unspecified atom stereocenters. The van der Waals surface area contributed by atoms with Gasteiger partial charge < -0.3 is 10.0 Å². The summed E-state index contributed by atoms with van der Waals surface area (Å²) in [6.45, 7) is 6.33. The third-order valence-corrected chi connectivity index (χ3v) is 3.74. The van der Waals surface area contributed by atoms with Crippen LogP contribution in [0.25, 0.3) is 0 Å². The zero-order valence-electron chi connectivity index (χ0n) is 12.0. The van der Waals surface area contributed by atoms with Crippen LogP contribution in [0.4, 0.5) is 0 Å². The molecule has 2 heterocycles. The Hall–Kier alpha value is -1.92. The maximum Gasteiger partial charge on any atom is 0.311 e. The van der Waals surface area contributed by atoms with Gasteiger partial charge in [-0.05, 0) is 19.8 Å². The zero-order chi connectivity index (χ0) is 14.9. The molecule has 0 radical (unpaired) electrons. The minimum absolute atomic E-state index is 0.114. The van der Waals surface area contributed by atoms with Crippen LogP contribution >= 0.6 is 0 Å². The van der Waals surface area contributed by atoms with E-state index in [2.05, 4.69) is 15.2 Å². The number of amides is 1. The molecule has 1 atom stereocenters. The first-order valence-electron chi connectivity index (χ1n) is 6.78. The van der Waals surface area contributed by atoms with Gasteiger partial charge in [0, 0.05) is 19.0 Å². The van der Waals surface area contributed by atoms with Gasteiger partial charge in [0.2, 0.25) is 5.82 Å². The fourth-order valence-electron chi connectivity index (χ4n) is 2.36. The number of aliphatic carboxylic acids is 1. The number of rotatable bonds is 3. The van der Waals surface area contributed by atoms with Crippen LogP contribution in [0.2, 0.25) is 0 Å². The molecule has 1 fully saturated rings. The van der Waals surface area contributed by atoms with Crippen LogP contribution in [0.15, 0.2) is 0 Å². The predicted molar refractivity (Wildman–Crippen MR) is 71.4 cm³/mol. The highest BCUT2D eigenvalue weighted by Crippen LogP contribution is 2.30. The summed E-state index contributed by atoms with van der Waals surface area (Å²) < 4.78 is 0. The highest BCUT2D eigenvalue weighted by Gasteiger charge is 2.40. The molecule has 0 bridgehead atoms. The average Bonchev–Trinajstić information content (AvgIpc) is 2.87. The van der Waals surface area contributed by atoms with Crippen molar-refractivity contribution in [3.63, 3.8) is 0 Å². The van der Waals surface area contributed by atoms with Crippen LogP contribution in [0.5, 0.6) is 0 Å². The van der Waals surface area contributed by atoms with E-state index in [4.69, 9.17) is 0 Å². The number of hydrogen-bond acceptors (Lipinski definition) is 4. The summed E-state index contributed by atoms with van der Waals surface area (Å²) in [5.41, 5.74) is -0.884. The number of nitrogens with zero attached hydrogens (tertiary/aromatic N) is 3. The maximum atomic E-state index is 12.3. The van der Waals surface area contributed by atoms with Crippen molar-refractivity contribution in [2.75, 3.05) is 13.1 Å². The van der Waals surface area contributed by atoms with E-state index in [1.807, 2.05) is 13.8 Å². The summed E-state index contributed by atoms with van der Waals surface area (Å²) in [7, 11) is 0. The third kappa shape index (κ3) is 2.66. The van der Waals surface area contributed by atoms with E-state index in [0.717, 1.165) is 0 Å². The first-order chi connectivity index (χ1) is 9.33. The van der Waals surface area contributed by atoms with Crippen LogP contribution in [0.3, 0.4) is 0 Å². The lowest BCUT2D eigenvalue weighted by molar-refractivity contribution is -0.150. The van der Waals surface area contributed by atoms with E-state index in [1.165, 1.54) is 4.90 Å². The average molecular weight is 280 g/mol. The van der Waals surface area contributed by atoms with E-state index in [0.29, 0.717) is 25.2 Å². The van der Waals surface area contributed by atoms with Crippen LogP contribution < -0.4 is 0 Å². The Bertz CT molecular complexity index is 525. The number of H-pyrrole nitrogens is 1. The molecule has 20 heavy (non-hydrogen) atoms. The first kappa shape index (κ1) is 14.5. The minimum Gasteiger partial charge on any atom is -0.481 e. The lowest BCUT2D eigenvalue weighted by Crippen LogP contribution is -2.48. The smallest absolute Gasteiger partial charge is 0.311 e. The van der Waals surface area contributed by atoms with Gasteiger partial charge in [0.15, 0.2) is 0 Å². The summed E-state index contributed by atoms with van der Waals surface area (Å²) in [4.78, 5) is 29.3. The summed E-state index contributed by atoms with van der Waals surface area (Å²) in [5, 5.41) is 15.9. The molecule has 1 aliphatic heterocycles. The minimum atomic E-state index is -0.884. The largest absolute Gasteiger partial charge is 0.481 e. The predicted octanol–water partition coefficient (Wildman–Crippen LogP) is 1.25. The fourth-order valence-corrected chi connectivity index (χ4v) is 2.36. The zero-order valence-corrected chi connectivity index (χ0v) is 12.0. The molecule has 0 aromatic carbocycles. The monoisotopic (exact) mass is 280 g/mol. The quantitative estimate of drug-likeness (QED) is 0.868. The standard InChI is InChI=1S/C13H20N4O3/c1-8(2)9-14-10(16-15-9)11(18)17-6-4-5-13(3,7-17)12(19)20/h8H,4-7H2,1-3H3,(H,19,20)(H,14,15,16). The number of carbonyl (C=O) groups is 2. The second-order valence-electron chi connectivity index (χ2n) is 5.90. The van der Waals surface area contributed by atoms with Gasteiger partial charge in [0.25, 0.3) is 5.91 Å². The number of carboxylic acid groups (broad SMARTS) is 1. The first-order valence-corrected chi connectivity index (χ1v) is 6.78. The summed E-state index contributed by atoms with van der Waals surface area (Å²) >= 11 is 0. The Kier molecular flexibility index (Phi) is 3.78. The third-order valence-electron chi connectivity index (χ3n) is 3.74. The van der Waals surface area contributed by atoms with Gasteiger partial charge in [-0.15, -0.1) is 5.10 Å². The number of nitrogens with one attached hydrogen (secondary N) is 1. The SMILES string of the molecule is CC(C)c1nc(C(=O)N2CCCC(C)(C(=O)O)C2)n[nH]1. The van der Waals surface area contributed by atoms with Crippen molar-refractivity contribution in [1.29, 1.82) is 0 Å². The molecule has 1 amide bonds. The summed E-state index contributed by atoms with van der Waals surface area (Å²) in [6.07, 6.45) is 1.26. The van der Waals surface area contributed by atoms with E-state index in [9.17, 15) is 14.7 Å². The van der Waals surface area contributed by atoms with Gasteiger partial charge in [0.1, 0.15) is 5.82 Å². The Morgan fingerprint density at radius 2 is 2.15 bits per heavy atom. The Labute approximate surface area is 117 Å². The van der Waals surface area contributed by atoms with Gasteiger partial charge in [-0.3, -0.25) is 14.7 Å². The molecule has 1 saturated heterocycles. The lowest BCUT2D eigenvalue weighted by atomic mass is 9.82. The molecule has 7 heteroatoms. The van der Waals surface area contributed by atoms with Crippen molar-refractivity contribution in [3.8, 4) is 0 Å². The number of carboxylic acids is 1. The van der Waals surface area contributed by atoms with Crippen LogP contribution in [-0.2, 0) is 4.79 Å². The van der Waals surface area contributed by atoms with E-state index in [-0.39, 0.29) is 24.2 Å². The van der Waals surface area contributed by atoms with Crippen molar-refractivity contribution in [3.05, 3.63) is 11.6 Å². The molecule has 2 rings (SSSR count). The van der Waals surface area contributed by atoms with Crippen LogP contribution in [-0.4, -0.2) is 50.2 Å². The van der Waals surface area contributed by atoms with Gasteiger partial charge in [-0.2, -0.15) is 0 Å². The summed E-state index contributed by atoms with van der Waals surface area (Å²) in [6, 6.07) is 0. The van der Waals surface area contributed by atoms with Gasteiger partial charge in [-0.25, -0.2) is 4.98 Å². The molecule has 0 aliphatic carbocycles. The highest BCUT2D eigenvalue weighted by atomic mass is 16.4. The molecule has 0 spiro atoms. The number of likely N-dealkylation sites (tertiary alicyclic amines) is 1. The molecule has 1 aliphatic rings. The summed E-state index contributed by atoms with van der Waals surface area (Å²) in [5.74, 6) is -0.238. The van der Waals surface area contributed by atoms with Crippen molar-refractivity contribution in [2.45, 2.75) is 39.5 Å². The fraction of sp³-hybridized carbons (Fsp3) is 0.692. The lowest BCUT2D eigenvalue weighted by Gasteiger charge is -2.36. The number of hydrogen-bond donors (Lipinski definition) is 2. The Morgan fingerprint density at radius 1 is 1.45 bits per heavy atom. The molecule has 7 nitrogen and oxygen atoms in total. The van der Waals surface area contributed by atoms with Gasteiger partial charge in [0.05, 0.1) is 5.41 Å². The van der Waals surface area contributed by atoms with E-state index in [1.54, 1.807) is 6.92 Å². The molecular weight excluding hydrogens is 260 g/mol. The van der Waals surface area contributed by atoms with Crippen molar-refractivity contribution in [1.82, 2.24) is 20.1 Å². The number of carbonyl (C=O) groups excluding carboxylic acids is 1. The normalized spacial score (nSPS) is 23.1. The van der Waals surface area contributed by atoms with E-state index < -0.39 is 11.4 Å². The van der Waals surface area contributed by atoms with Crippen LogP contribution in [0.1, 0.15) is 56.0 Å².